The molecular weight excluding hydrogens is 328 g/mol. The highest BCUT2D eigenvalue weighted by Gasteiger charge is 2.33. The maximum atomic E-state index is 12.3. The van der Waals surface area contributed by atoms with Crippen LogP contribution in [0.2, 0.25) is 0 Å². The van der Waals surface area contributed by atoms with Crippen LogP contribution in [0.3, 0.4) is 0 Å². The molecule has 0 saturated carbocycles. The Morgan fingerprint density at radius 2 is 2.00 bits per heavy atom. The van der Waals surface area contributed by atoms with E-state index in [1.807, 2.05) is 37.3 Å². The van der Waals surface area contributed by atoms with Gasteiger partial charge in [-0.05, 0) is 24.8 Å². The smallest absolute Gasteiger partial charge is 0.242 e. The third-order valence-electron chi connectivity index (χ3n) is 4.14. The molecule has 0 aromatic heterocycles. The van der Waals surface area contributed by atoms with Crippen molar-refractivity contribution < 1.29 is 18.0 Å². The Kier molecular flexibility index (Phi) is 6.36. The molecule has 132 valence electrons. The molecule has 0 spiro atoms. The van der Waals surface area contributed by atoms with Gasteiger partial charge in [-0.25, -0.2) is 8.42 Å². The van der Waals surface area contributed by atoms with E-state index in [1.54, 1.807) is 0 Å². The molecule has 1 heterocycles. The number of nitrogens with zero attached hydrogens (tertiary/aromatic N) is 1. The highest BCUT2D eigenvalue weighted by atomic mass is 32.2. The summed E-state index contributed by atoms with van der Waals surface area (Å²) in [6.45, 7) is 2.54. The van der Waals surface area contributed by atoms with Gasteiger partial charge in [0.05, 0.1) is 5.75 Å². The molecule has 0 bridgehead atoms. The Hall–Kier alpha value is -1.89. The number of aryl methyl sites for hydroxylation is 1. The third-order valence-corrected chi connectivity index (χ3v) is 5.74. The quantitative estimate of drug-likeness (QED) is 0.786. The number of sulfone groups is 1. The lowest BCUT2D eigenvalue weighted by Crippen LogP contribution is -2.58. The van der Waals surface area contributed by atoms with Gasteiger partial charge in [0.15, 0.2) is 9.84 Å². The van der Waals surface area contributed by atoms with Crippen molar-refractivity contribution in [3.8, 4) is 0 Å². The first kappa shape index (κ1) is 18.4. The lowest BCUT2D eigenvalue weighted by molar-refractivity contribution is -0.141. The van der Waals surface area contributed by atoms with Gasteiger partial charge in [0.25, 0.3) is 0 Å². The predicted octanol–water partition coefficient (Wildman–Crippen LogP) is 0.771. The molecule has 1 aromatic carbocycles. The summed E-state index contributed by atoms with van der Waals surface area (Å²) >= 11 is 0. The molecule has 2 rings (SSSR count). The maximum Gasteiger partial charge on any atom is 0.242 e. The summed E-state index contributed by atoms with van der Waals surface area (Å²) < 4.78 is 24.4. The van der Waals surface area contributed by atoms with Gasteiger partial charge in [0.2, 0.25) is 11.8 Å². The number of carbonyl (C=O) groups excluding carboxylic acids is 2. The van der Waals surface area contributed by atoms with Crippen LogP contribution in [0.4, 0.5) is 0 Å². The Morgan fingerprint density at radius 3 is 2.67 bits per heavy atom. The molecule has 6 nitrogen and oxygen atoms in total. The van der Waals surface area contributed by atoms with Crippen LogP contribution in [0.25, 0.3) is 0 Å². The Bertz CT molecular complexity index is 673. The third kappa shape index (κ3) is 5.06. The standard InChI is InChI=1S/C17H24N2O4S/c1-2-15-17(21)18-10-11-19(15)16(20)13-24(22,23)12-6-9-14-7-4-3-5-8-14/h3-5,7-8,15H,2,6,9-13H2,1H3,(H,18,21). The van der Waals surface area contributed by atoms with Gasteiger partial charge in [-0.3, -0.25) is 9.59 Å². The van der Waals surface area contributed by atoms with Gasteiger partial charge in [0.1, 0.15) is 11.8 Å². The minimum atomic E-state index is -3.47. The number of nitrogens with one attached hydrogen (secondary N) is 1. The van der Waals surface area contributed by atoms with Crippen LogP contribution in [0.15, 0.2) is 30.3 Å². The number of piperazine rings is 1. The molecule has 1 N–H and O–H groups in total. The van der Waals surface area contributed by atoms with E-state index in [9.17, 15) is 18.0 Å². The topological polar surface area (TPSA) is 83.6 Å². The van der Waals surface area contributed by atoms with Crippen molar-refractivity contribution in [2.24, 2.45) is 0 Å². The van der Waals surface area contributed by atoms with Crippen LogP contribution in [0.1, 0.15) is 25.3 Å². The minimum absolute atomic E-state index is 0.0234. The minimum Gasteiger partial charge on any atom is -0.353 e. The lowest BCUT2D eigenvalue weighted by Gasteiger charge is -2.34. The van der Waals surface area contributed by atoms with Crippen LogP contribution in [-0.4, -0.2) is 55.8 Å². The van der Waals surface area contributed by atoms with Gasteiger partial charge in [-0.1, -0.05) is 37.3 Å². The summed E-state index contributed by atoms with van der Waals surface area (Å²) in [7, 11) is -3.47. The molecule has 1 aromatic rings. The zero-order chi connectivity index (χ0) is 17.6. The van der Waals surface area contributed by atoms with Gasteiger partial charge >= 0.3 is 0 Å². The van der Waals surface area contributed by atoms with E-state index < -0.39 is 27.5 Å². The summed E-state index contributed by atoms with van der Waals surface area (Å²) in [6.07, 6.45) is 1.63. The molecule has 1 atom stereocenters. The normalized spacial score (nSPS) is 18.3. The molecule has 0 radical (unpaired) electrons. The monoisotopic (exact) mass is 352 g/mol. The van der Waals surface area contributed by atoms with Crippen molar-refractivity contribution in [2.75, 3.05) is 24.6 Å². The van der Waals surface area contributed by atoms with Crippen molar-refractivity contribution in [3.05, 3.63) is 35.9 Å². The van der Waals surface area contributed by atoms with Crippen molar-refractivity contribution in [3.63, 3.8) is 0 Å². The molecular formula is C17H24N2O4S. The molecule has 1 fully saturated rings. The number of benzene rings is 1. The molecule has 1 saturated heterocycles. The van der Waals surface area contributed by atoms with E-state index in [2.05, 4.69) is 5.32 Å². The summed E-state index contributed by atoms with van der Waals surface area (Å²) in [5.41, 5.74) is 1.08. The SMILES string of the molecule is CCC1C(=O)NCCN1C(=O)CS(=O)(=O)CCCc1ccccc1. The van der Waals surface area contributed by atoms with E-state index in [0.29, 0.717) is 32.4 Å². The average Bonchev–Trinajstić information content (AvgIpc) is 2.55. The van der Waals surface area contributed by atoms with Crippen LogP contribution in [-0.2, 0) is 25.8 Å². The highest BCUT2D eigenvalue weighted by molar-refractivity contribution is 7.92. The summed E-state index contributed by atoms with van der Waals surface area (Å²) in [6, 6.07) is 9.09. The van der Waals surface area contributed by atoms with E-state index in [1.165, 1.54) is 4.90 Å². The zero-order valence-corrected chi connectivity index (χ0v) is 14.7. The zero-order valence-electron chi connectivity index (χ0n) is 13.9. The van der Waals surface area contributed by atoms with Crippen molar-refractivity contribution in [1.29, 1.82) is 0 Å². The number of hydrogen-bond donors (Lipinski definition) is 1. The van der Waals surface area contributed by atoms with Gasteiger partial charge in [-0.2, -0.15) is 0 Å². The lowest BCUT2D eigenvalue weighted by atomic mass is 10.1. The summed E-state index contributed by atoms with van der Waals surface area (Å²) in [5, 5.41) is 2.70. The van der Waals surface area contributed by atoms with Crippen LogP contribution >= 0.6 is 0 Å². The second kappa shape index (κ2) is 8.28. The first-order valence-electron chi connectivity index (χ1n) is 8.24. The molecule has 1 unspecified atom stereocenters. The van der Waals surface area contributed by atoms with Gasteiger partial charge in [0, 0.05) is 13.1 Å². The molecule has 7 heteroatoms. The average molecular weight is 352 g/mol. The fourth-order valence-electron chi connectivity index (χ4n) is 2.90. The Balaban J connectivity index is 1.88. The second-order valence-electron chi connectivity index (χ2n) is 5.98. The fraction of sp³-hybridized carbons (Fsp3) is 0.529. The van der Waals surface area contributed by atoms with Crippen LogP contribution in [0, 0.1) is 0 Å². The van der Waals surface area contributed by atoms with E-state index in [0.717, 1.165) is 5.56 Å². The molecule has 1 aliphatic rings. The van der Waals surface area contributed by atoms with E-state index in [-0.39, 0.29) is 11.7 Å². The summed E-state index contributed by atoms with van der Waals surface area (Å²) in [5.74, 6) is -1.23. The highest BCUT2D eigenvalue weighted by Crippen LogP contribution is 2.11. The second-order valence-corrected chi connectivity index (χ2v) is 8.17. The predicted molar refractivity (Wildman–Crippen MR) is 92.2 cm³/mol. The number of hydrogen-bond acceptors (Lipinski definition) is 4. The fourth-order valence-corrected chi connectivity index (χ4v) is 4.17. The van der Waals surface area contributed by atoms with Crippen molar-refractivity contribution in [2.45, 2.75) is 32.2 Å². The molecule has 0 aliphatic carbocycles. The summed E-state index contributed by atoms with van der Waals surface area (Å²) in [4.78, 5) is 25.5. The largest absolute Gasteiger partial charge is 0.353 e. The molecule has 2 amide bonds. The van der Waals surface area contributed by atoms with E-state index >= 15 is 0 Å². The Morgan fingerprint density at radius 1 is 1.29 bits per heavy atom. The number of carbonyl (C=O) groups is 2. The number of rotatable bonds is 7. The van der Waals surface area contributed by atoms with Gasteiger partial charge in [-0.15, -0.1) is 0 Å². The van der Waals surface area contributed by atoms with Gasteiger partial charge < -0.3 is 10.2 Å². The first-order valence-corrected chi connectivity index (χ1v) is 10.1. The van der Waals surface area contributed by atoms with E-state index in [4.69, 9.17) is 0 Å². The van der Waals surface area contributed by atoms with Crippen molar-refractivity contribution in [1.82, 2.24) is 10.2 Å². The van der Waals surface area contributed by atoms with Crippen LogP contribution < -0.4 is 5.32 Å². The van der Waals surface area contributed by atoms with Crippen molar-refractivity contribution >= 4 is 21.7 Å². The number of amides is 2. The Labute approximate surface area is 143 Å². The maximum absolute atomic E-state index is 12.3. The molecule has 24 heavy (non-hydrogen) atoms. The first-order chi connectivity index (χ1) is 11.4. The van der Waals surface area contributed by atoms with Crippen LogP contribution in [0.5, 0.6) is 0 Å². The molecule has 1 aliphatic heterocycles.